The van der Waals surface area contributed by atoms with Crippen molar-refractivity contribution >= 4 is 18.0 Å². The molecule has 28 heavy (non-hydrogen) atoms. The van der Waals surface area contributed by atoms with Crippen LogP contribution < -0.4 is 10.6 Å². The normalized spacial score (nSPS) is 12.8. The molecule has 0 saturated heterocycles. The number of carbonyl (C=O) groups excluding carboxylic acids is 3. The standard InChI is InChI=1S/C19H36N2O7/c1-18(2,3)27-15(22)9-8-14(21-17(24)28-19(4,5)6)16(23)20-10-11-26-13-12-25-7/h14H,8-13H2,1-7H3,(H,20,23)(H,21,24). The third-order valence-corrected chi connectivity index (χ3v) is 3.04. The summed E-state index contributed by atoms with van der Waals surface area (Å²) in [7, 11) is 1.57. The third-order valence-electron chi connectivity index (χ3n) is 3.04. The minimum atomic E-state index is -0.929. The number of carbonyl (C=O) groups is 3. The van der Waals surface area contributed by atoms with Gasteiger partial charge in [-0.1, -0.05) is 0 Å². The molecule has 0 aliphatic rings. The highest BCUT2D eigenvalue weighted by atomic mass is 16.6. The van der Waals surface area contributed by atoms with Gasteiger partial charge in [-0.25, -0.2) is 4.79 Å². The summed E-state index contributed by atoms with van der Waals surface area (Å²) in [6.07, 6.45) is -0.659. The molecule has 2 N–H and O–H groups in total. The summed E-state index contributed by atoms with van der Waals surface area (Å²) < 4.78 is 20.6. The van der Waals surface area contributed by atoms with Gasteiger partial charge in [0.2, 0.25) is 5.91 Å². The van der Waals surface area contributed by atoms with Crippen molar-refractivity contribution in [3.05, 3.63) is 0 Å². The summed E-state index contributed by atoms with van der Waals surface area (Å²) in [5, 5.41) is 5.18. The second kappa shape index (κ2) is 12.6. The first kappa shape index (κ1) is 26.1. The van der Waals surface area contributed by atoms with Crippen LogP contribution in [0.4, 0.5) is 4.79 Å². The number of esters is 1. The number of amides is 2. The lowest BCUT2D eigenvalue weighted by molar-refractivity contribution is -0.155. The van der Waals surface area contributed by atoms with E-state index in [1.807, 2.05) is 0 Å². The van der Waals surface area contributed by atoms with Gasteiger partial charge in [-0.3, -0.25) is 9.59 Å². The van der Waals surface area contributed by atoms with E-state index in [9.17, 15) is 14.4 Å². The van der Waals surface area contributed by atoms with E-state index in [2.05, 4.69) is 10.6 Å². The number of nitrogens with one attached hydrogen (secondary N) is 2. The van der Waals surface area contributed by atoms with Gasteiger partial charge in [0.15, 0.2) is 0 Å². The molecule has 2 amide bonds. The highest BCUT2D eigenvalue weighted by Gasteiger charge is 2.26. The summed E-state index contributed by atoms with van der Waals surface area (Å²) in [5.41, 5.74) is -1.32. The van der Waals surface area contributed by atoms with Crippen LogP contribution in [0.3, 0.4) is 0 Å². The maximum absolute atomic E-state index is 12.4. The third kappa shape index (κ3) is 15.2. The Morgan fingerprint density at radius 1 is 0.893 bits per heavy atom. The number of methoxy groups -OCH3 is 1. The number of alkyl carbamates (subject to hydrolysis) is 1. The molecule has 0 aromatic rings. The lowest BCUT2D eigenvalue weighted by Crippen LogP contribution is -2.49. The maximum atomic E-state index is 12.4. The SMILES string of the molecule is COCCOCCNC(=O)C(CCC(=O)OC(C)(C)C)NC(=O)OC(C)(C)C. The fourth-order valence-corrected chi connectivity index (χ4v) is 1.99. The second-order valence-electron chi connectivity index (χ2n) is 8.22. The molecule has 0 aliphatic carbocycles. The summed E-state index contributed by atoms with van der Waals surface area (Å²) in [4.78, 5) is 36.4. The minimum Gasteiger partial charge on any atom is -0.460 e. The maximum Gasteiger partial charge on any atom is 0.408 e. The van der Waals surface area contributed by atoms with Gasteiger partial charge in [0, 0.05) is 20.1 Å². The van der Waals surface area contributed by atoms with Crippen LogP contribution >= 0.6 is 0 Å². The van der Waals surface area contributed by atoms with E-state index >= 15 is 0 Å². The van der Waals surface area contributed by atoms with Crippen molar-refractivity contribution in [2.75, 3.05) is 33.5 Å². The first-order valence-electron chi connectivity index (χ1n) is 9.40. The number of ether oxygens (including phenoxy) is 4. The zero-order valence-electron chi connectivity index (χ0n) is 18.2. The van der Waals surface area contributed by atoms with Gasteiger partial charge < -0.3 is 29.6 Å². The van der Waals surface area contributed by atoms with E-state index in [0.717, 1.165) is 0 Å². The van der Waals surface area contributed by atoms with Gasteiger partial charge in [-0.05, 0) is 48.0 Å². The molecule has 1 atom stereocenters. The Morgan fingerprint density at radius 2 is 1.50 bits per heavy atom. The van der Waals surface area contributed by atoms with E-state index < -0.39 is 35.2 Å². The van der Waals surface area contributed by atoms with Gasteiger partial charge in [0.25, 0.3) is 0 Å². The molecule has 0 rings (SSSR count). The monoisotopic (exact) mass is 404 g/mol. The number of rotatable bonds is 11. The average Bonchev–Trinajstić information content (AvgIpc) is 2.51. The zero-order valence-corrected chi connectivity index (χ0v) is 18.2. The lowest BCUT2D eigenvalue weighted by Gasteiger charge is -2.24. The van der Waals surface area contributed by atoms with Crippen molar-refractivity contribution in [2.24, 2.45) is 0 Å². The number of hydrogen-bond acceptors (Lipinski definition) is 7. The highest BCUT2D eigenvalue weighted by molar-refractivity contribution is 5.86. The van der Waals surface area contributed by atoms with Gasteiger partial charge in [-0.2, -0.15) is 0 Å². The average molecular weight is 405 g/mol. The summed E-state index contributed by atoms with van der Waals surface area (Å²) in [6, 6.07) is -0.929. The highest BCUT2D eigenvalue weighted by Crippen LogP contribution is 2.11. The molecule has 0 heterocycles. The quantitative estimate of drug-likeness (QED) is 0.399. The van der Waals surface area contributed by atoms with E-state index in [4.69, 9.17) is 18.9 Å². The lowest BCUT2D eigenvalue weighted by atomic mass is 10.1. The predicted molar refractivity (Wildman–Crippen MR) is 104 cm³/mol. The fraction of sp³-hybridized carbons (Fsp3) is 0.842. The second-order valence-corrected chi connectivity index (χ2v) is 8.22. The van der Waals surface area contributed by atoms with Gasteiger partial charge in [-0.15, -0.1) is 0 Å². The Balaban J connectivity index is 4.67. The molecular formula is C19H36N2O7. The molecular weight excluding hydrogens is 368 g/mol. The predicted octanol–water partition coefficient (Wildman–Crippen LogP) is 1.78. The van der Waals surface area contributed by atoms with Gasteiger partial charge >= 0.3 is 12.1 Å². The Hall–Kier alpha value is -1.87. The molecule has 9 nitrogen and oxygen atoms in total. The molecule has 0 aliphatic heterocycles. The minimum absolute atomic E-state index is 0.0184. The molecule has 164 valence electrons. The van der Waals surface area contributed by atoms with Crippen LogP contribution in [0.1, 0.15) is 54.4 Å². The van der Waals surface area contributed by atoms with Crippen molar-refractivity contribution in [2.45, 2.75) is 71.6 Å². The fourth-order valence-electron chi connectivity index (χ4n) is 1.99. The molecule has 0 spiro atoms. The van der Waals surface area contributed by atoms with Crippen molar-refractivity contribution in [1.29, 1.82) is 0 Å². The first-order valence-corrected chi connectivity index (χ1v) is 9.40. The summed E-state index contributed by atoms with van der Waals surface area (Å²) >= 11 is 0. The zero-order chi connectivity index (χ0) is 21.8. The van der Waals surface area contributed by atoms with Crippen molar-refractivity contribution in [3.63, 3.8) is 0 Å². The largest absolute Gasteiger partial charge is 0.460 e. The van der Waals surface area contributed by atoms with Crippen molar-refractivity contribution in [3.8, 4) is 0 Å². The van der Waals surface area contributed by atoms with Crippen LogP contribution in [-0.4, -0.2) is 68.7 Å². The van der Waals surface area contributed by atoms with E-state index in [1.54, 1.807) is 48.7 Å². The Labute approximate surface area is 167 Å². The van der Waals surface area contributed by atoms with Crippen LogP contribution in [0.2, 0.25) is 0 Å². The molecule has 0 radical (unpaired) electrons. The van der Waals surface area contributed by atoms with E-state index in [-0.39, 0.29) is 19.4 Å². The van der Waals surface area contributed by atoms with Crippen LogP contribution in [0.5, 0.6) is 0 Å². The Bertz CT molecular complexity index is 495. The van der Waals surface area contributed by atoms with Crippen LogP contribution in [0.25, 0.3) is 0 Å². The Kier molecular flexibility index (Phi) is 11.7. The molecule has 0 aromatic carbocycles. The van der Waals surface area contributed by atoms with Crippen molar-refractivity contribution < 1.29 is 33.3 Å². The number of hydrogen-bond donors (Lipinski definition) is 2. The van der Waals surface area contributed by atoms with E-state index in [1.165, 1.54) is 0 Å². The molecule has 0 bridgehead atoms. The molecule has 0 saturated carbocycles. The van der Waals surface area contributed by atoms with Gasteiger partial charge in [0.1, 0.15) is 17.2 Å². The Morgan fingerprint density at radius 3 is 2.04 bits per heavy atom. The molecule has 0 fully saturated rings. The van der Waals surface area contributed by atoms with Crippen LogP contribution in [0, 0.1) is 0 Å². The molecule has 9 heteroatoms. The topological polar surface area (TPSA) is 112 Å². The van der Waals surface area contributed by atoms with Gasteiger partial charge in [0.05, 0.1) is 19.8 Å². The van der Waals surface area contributed by atoms with Crippen LogP contribution in [-0.2, 0) is 28.5 Å². The summed E-state index contributed by atoms with van der Waals surface area (Å²) in [5.74, 6) is -0.871. The molecule has 1 unspecified atom stereocenters. The smallest absolute Gasteiger partial charge is 0.408 e. The summed E-state index contributed by atoms with van der Waals surface area (Å²) in [6.45, 7) is 11.9. The molecule has 0 aromatic heterocycles. The van der Waals surface area contributed by atoms with E-state index in [0.29, 0.717) is 19.8 Å². The first-order chi connectivity index (χ1) is 12.8. The van der Waals surface area contributed by atoms with Crippen molar-refractivity contribution in [1.82, 2.24) is 10.6 Å². The van der Waals surface area contributed by atoms with Crippen LogP contribution in [0.15, 0.2) is 0 Å².